The predicted octanol–water partition coefficient (Wildman–Crippen LogP) is 3.41. The highest BCUT2D eigenvalue weighted by molar-refractivity contribution is 5.21. The van der Waals surface area contributed by atoms with Crippen LogP contribution in [0.15, 0.2) is 18.2 Å². The van der Waals surface area contributed by atoms with Gasteiger partial charge in [0.15, 0.2) is 0 Å². The first-order chi connectivity index (χ1) is 7.98. The van der Waals surface area contributed by atoms with Gasteiger partial charge < -0.3 is 5.73 Å². The van der Waals surface area contributed by atoms with Crippen molar-refractivity contribution in [3.05, 3.63) is 35.4 Å². The molecule has 1 saturated carbocycles. The molecular weight excluding hydrogens is 220 g/mol. The number of nitrogens with two attached hydrogens (primary N) is 1. The lowest BCUT2D eigenvalue weighted by Gasteiger charge is -2.36. The maximum Gasteiger partial charge on any atom is 0.126 e. The first-order valence-electron chi connectivity index (χ1n) is 6.21. The van der Waals surface area contributed by atoms with E-state index in [1.54, 1.807) is 0 Å². The third-order valence-electron chi connectivity index (χ3n) is 3.82. The van der Waals surface area contributed by atoms with E-state index in [-0.39, 0.29) is 11.4 Å². The van der Waals surface area contributed by atoms with Gasteiger partial charge in [0.25, 0.3) is 0 Å². The normalized spacial score (nSPS) is 29.3. The molecule has 1 aromatic rings. The molecule has 1 aliphatic rings. The average molecular weight is 239 g/mol. The molecule has 0 radical (unpaired) electrons. The van der Waals surface area contributed by atoms with Crippen LogP contribution in [-0.2, 0) is 6.42 Å². The second kappa shape index (κ2) is 4.73. The molecule has 94 valence electrons. The van der Waals surface area contributed by atoms with Crippen molar-refractivity contribution in [3.8, 4) is 0 Å². The molecule has 0 amide bonds. The van der Waals surface area contributed by atoms with E-state index in [1.807, 2.05) is 0 Å². The Hall–Kier alpha value is -0.960. The van der Waals surface area contributed by atoms with Crippen LogP contribution >= 0.6 is 0 Å². The van der Waals surface area contributed by atoms with Crippen molar-refractivity contribution in [2.24, 2.45) is 11.7 Å². The van der Waals surface area contributed by atoms with Crippen LogP contribution in [0.3, 0.4) is 0 Å². The summed E-state index contributed by atoms with van der Waals surface area (Å²) in [4.78, 5) is 0. The molecule has 0 heterocycles. The molecule has 3 heteroatoms. The number of benzene rings is 1. The third kappa shape index (κ3) is 3.03. The molecule has 1 aliphatic carbocycles. The van der Waals surface area contributed by atoms with E-state index in [0.717, 1.165) is 31.7 Å². The minimum absolute atomic E-state index is 0.352. The smallest absolute Gasteiger partial charge is 0.126 e. The van der Waals surface area contributed by atoms with Crippen molar-refractivity contribution >= 4 is 0 Å². The molecule has 0 aliphatic heterocycles. The van der Waals surface area contributed by atoms with Gasteiger partial charge in [-0.25, -0.2) is 8.78 Å². The van der Waals surface area contributed by atoms with Gasteiger partial charge in [-0.15, -0.1) is 0 Å². The van der Waals surface area contributed by atoms with E-state index in [4.69, 9.17) is 5.73 Å². The van der Waals surface area contributed by atoms with Gasteiger partial charge in [0.2, 0.25) is 0 Å². The van der Waals surface area contributed by atoms with Crippen molar-refractivity contribution in [2.45, 2.75) is 44.6 Å². The zero-order valence-electron chi connectivity index (χ0n) is 10.2. The molecule has 1 nitrogen and oxygen atoms in total. The van der Waals surface area contributed by atoms with Gasteiger partial charge in [0.1, 0.15) is 11.6 Å². The molecule has 0 aromatic heterocycles. The second-order valence-electron chi connectivity index (χ2n) is 5.46. The predicted molar refractivity (Wildman–Crippen MR) is 64.6 cm³/mol. The van der Waals surface area contributed by atoms with Crippen LogP contribution in [0.25, 0.3) is 0 Å². The molecule has 2 N–H and O–H groups in total. The SMILES string of the molecule is CC1CCC(N)(Cc2cc(F)ccc2F)CC1. The van der Waals surface area contributed by atoms with Crippen molar-refractivity contribution < 1.29 is 8.78 Å². The average Bonchev–Trinajstić information content (AvgIpc) is 2.28. The third-order valence-corrected chi connectivity index (χ3v) is 3.82. The molecule has 0 bridgehead atoms. The summed E-state index contributed by atoms with van der Waals surface area (Å²) in [6.45, 7) is 2.21. The van der Waals surface area contributed by atoms with Crippen LogP contribution < -0.4 is 5.73 Å². The summed E-state index contributed by atoms with van der Waals surface area (Å²) in [5.74, 6) is -0.0481. The number of halogens is 2. The number of rotatable bonds is 2. The van der Waals surface area contributed by atoms with Gasteiger partial charge in [0.05, 0.1) is 0 Å². The fraction of sp³-hybridized carbons (Fsp3) is 0.571. The maximum absolute atomic E-state index is 13.5. The first-order valence-corrected chi connectivity index (χ1v) is 6.21. The van der Waals surface area contributed by atoms with Crippen LogP contribution in [0.1, 0.15) is 38.2 Å². The zero-order chi connectivity index (χ0) is 12.5. The van der Waals surface area contributed by atoms with Gasteiger partial charge >= 0.3 is 0 Å². The Kier molecular flexibility index (Phi) is 3.48. The summed E-state index contributed by atoms with van der Waals surface area (Å²) in [6, 6.07) is 3.59. The second-order valence-corrected chi connectivity index (χ2v) is 5.46. The highest BCUT2D eigenvalue weighted by Crippen LogP contribution is 2.33. The molecule has 0 saturated heterocycles. The summed E-state index contributed by atoms with van der Waals surface area (Å²) in [5, 5.41) is 0. The zero-order valence-corrected chi connectivity index (χ0v) is 10.2. The summed E-state index contributed by atoms with van der Waals surface area (Å²) in [6.07, 6.45) is 4.37. The maximum atomic E-state index is 13.5. The number of hydrogen-bond acceptors (Lipinski definition) is 1. The van der Waals surface area contributed by atoms with Crippen molar-refractivity contribution in [1.82, 2.24) is 0 Å². The monoisotopic (exact) mass is 239 g/mol. The molecule has 1 fully saturated rings. The van der Waals surface area contributed by atoms with Gasteiger partial charge in [0, 0.05) is 5.54 Å². The topological polar surface area (TPSA) is 26.0 Å². The van der Waals surface area contributed by atoms with Crippen molar-refractivity contribution in [1.29, 1.82) is 0 Å². The number of hydrogen-bond donors (Lipinski definition) is 1. The van der Waals surface area contributed by atoms with E-state index in [0.29, 0.717) is 17.9 Å². The minimum atomic E-state index is -0.394. The Balaban J connectivity index is 2.12. The van der Waals surface area contributed by atoms with Crippen LogP contribution in [0.5, 0.6) is 0 Å². The van der Waals surface area contributed by atoms with E-state index in [1.165, 1.54) is 12.1 Å². The summed E-state index contributed by atoms with van der Waals surface area (Å²) >= 11 is 0. The molecule has 0 spiro atoms. The molecular formula is C14H19F2N. The first kappa shape index (κ1) is 12.5. The molecule has 1 aromatic carbocycles. The lowest BCUT2D eigenvalue weighted by molar-refractivity contribution is 0.242. The highest BCUT2D eigenvalue weighted by atomic mass is 19.1. The highest BCUT2D eigenvalue weighted by Gasteiger charge is 2.31. The molecule has 0 unspecified atom stereocenters. The Morgan fingerprint density at radius 3 is 2.59 bits per heavy atom. The standard InChI is InChI=1S/C14H19F2N/c1-10-4-6-14(17,7-5-10)9-11-8-12(15)2-3-13(11)16/h2-3,8,10H,4-7,9,17H2,1H3. The molecule has 17 heavy (non-hydrogen) atoms. The van der Waals surface area contributed by atoms with Gasteiger partial charge in [-0.2, -0.15) is 0 Å². The quantitative estimate of drug-likeness (QED) is 0.840. The van der Waals surface area contributed by atoms with E-state index in [2.05, 4.69) is 6.92 Å². The molecule has 0 atom stereocenters. The summed E-state index contributed by atoms with van der Waals surface area (Å²) in [5.41, 5.74) is 6.33. The summed E-state index contributed by atoms with van der Waals surface area (Å²) in [7, 11) is 0. The fourth-order valence-corrected chi connectivity index (χ4v) is 2.57. The van der Waals surface area contributed by atoms with E-state index >= 15 is 0 Å². The van der Waals surface area contributed by atoms with Gasteiger partial charge in [-0.3, -0.25) is 0 Å². The molecule has 2 rings (SSSR count). The largest absolute Gasteiger partial charge is 0.325 e. The van der Waals surface area contributed by atoms with Crippen LogP contribution in [0.2, 0.25) is 0 Å². The van der Waals surface area contributed by atoms with E-state index < -0.39 is 5.82 Å². The van der Waals surface area contributed by atoms with Crippen LogP contribution in [0.4, 0.5) is 8.78 Å². The van der Waals surface area contributed by atoms with Crippen LogP contribution in [0, 0.1) is 17.6 Å². The fourth-order valence-electron chi connectivity index (χ4n) is 2.57. The lowest BCUT2D eigenvalue weighted by atomic mass is 9.74. The van der Waals surface area contributed by atoms with Gasteiger partial charge in [-0.1, -0.05) is 6.92 Å². The lowest BCUT2D eigenvalue weighted by Crippen LogP contribution is -2.45. The Bertz CT molecular complexity index is 395. The summed E-state index contributed by atoms with van der Waals surface area (Å²) < 4.78 is 26.6. The van der Waals surface area contributed by atoms with Crippen LogP contribution in [-0.4, -0.2) is 5.54 Å². The minimum Gasteiger partial charge on any atom is -0.325 e. The van der Waals surface area contributed by atoms with Crippen molar-refractivity contribution in [2.75, 3.05) is 0 Å². The van der Waals surface area contributed by atoms with Crippen molar-refractivity contribution in [3.63, 3.8) is 0 Å². The Labute approximate surface area is 101 Å². The van der Waals surface area contributed by atoms with E-state index in [9.17, 15) is 8.78 Å². The Morgan fingerprint density at radius 1 is 1.29 bits per heavy atom. The Morgan fingerprint density at radius 2 is 1.94 bits per heavy atom. The van der Waals surface area contributed by atoms with Gasteiger partial charge in [-0.05, 0) is 61.8 Å².